The standard InChI is InChI=1S/C12H20ClN3O2S/c1-4-8-16(10-9-15(2)3)19(17,18)11-6-5-7-14-12(11)13/h5-7H,4,8-10H2,1-3H3. The van der Waals surface area contributed by atoms with Gasteiger partial charge < -0.3 is 4.90 Å². The minimum absolute atomic E-state index is 0.0217. The lowest BCUT2D eigenvalue weighted by Gasteiger charge is -2.23. The van der Waals surface area contributed by atoms with Gasteiger partial charge in [0, 0.05) is 25.8 Å². The molecule has 0 atom stereocenters. The highest BCUT2D eigenvalue weighted by Gasteiger charge is 2.26. The molecule has 19 heavy (non-hydrogen) atoms. The molecule has 0 aliphatic heterocycles. The van der Waals surface area contributed by atoms with E-state index in [9.17, 15) is 8.42 Å². The number of hydrogen-bond donors (Lipinski definition) is 0. The first kappa shape index (κ1) is 16.4. The van der Waals surface area contributed by atoms with E-state index >= 15 is 0 Å². The number of likely N-dealkylation sites (N-methyl/N-ethyl adjacent to an activating group) is 1. The molecule has 7 heteroatoms. The zero-order valence-corrected chi connectivity index (χ0v) is 13.1. The Hall–Kier alpha value is -0.690. The van der Waals surface area contributed by atoms with Crippen molar-refractivity contribution in [2.45, 2.75) is 18.2 Å². The first-order valence-corrected chi connectivity index (χ1v) is 7.96. The minimum atomic E-state index is -3.58. The molecule has 108 valence electrons. The van der Waals surface area contributed by atoms with Crippen molar-refractivity contribution >= 4 is 21.6 Å². The van der Waals surface area contributed by atoms with E-state index < -0.39 is 10.0 Å². The largest absolute Gasteiger partial charge is 0.308 e. The van der Waals surface area contributed by atoms with Crippen LogP contribution in [0.25, 0.3) is 0 Å². The lowest BCUT2D eigenvalue weighted by molar-refractivity contribution is 0.333. The van der Waals surface area contributed by atoms with Crippen molar-refractivity contribution in [3.63, 3.8) is 0 Å². The Morgan fingerprint density at radius 2 is 1.95 bits per heavy atom. The zero-order chi connectivity index (χ0) is 14.5. The second-order valence-electron chi connectivity index (χ2n) is 4.50. The van der Waals surface area contributed by atoms with E-state index in [0.717, 1.165) is 6.42 Å². The summed E-state index contributed by atoms with van der Waals surface area (Å²) in [5.74, 6) is 0. The molecule has 0 aliphatic rings. The fourth-order valence-electron chi connectivity index (χ4n) is 1.62. The molecule has 0 bridgehead atoms. The molecule has 0 N–H and O–H groups in total. The third kappa shape index (κ3) is 4.42. The molecule has 1 rings (SSSR count). The van der Waals surface area contributed by atoms with Crippen LogP contribution >= 0.6 is 11.6 Å². The predicted octanol–water partition coefficient (Wildman–Crippen LogP) is 1.70. The Morgan fingerprint density at radius 3 is 2.47 bits per heavy atom. The van der Waals surface area contributed by atoms with Crippen molar-refractivity contribution in [2.24, 2.45) is 0 Å². The maximum atomic E-state index is 12.5. The van der Waals surface area contributed by atoms with Crippen LogP contribution in [0.4, 0.5) is 0 Å². The lowest BCUT2D eigenvalue weighted by Crippen LogP contribution is -2.37. The molecule has 1 aromatic rings. The van der Waals surface area contributed by atoms with Crippen LogP contribution in [0, 0.1) is 0 Å². The number of aromatic nitrogens is 1. The highest BCUT2D eigenvalue weighted by molar-refractivity contribution is 7.89. The lowest BCUT2D eigenvalue weighted by atomic mass is 10.4. The van der Waals surface area contributed by atoms with Gasteiger partial charge in [-0.2, -0.15) is 4.31 Å². The number of nitrogens with zero attached hydrogens (tertiary/aromatic N) is 3. The number of halogens is 1. The summed E-state index contributed by atoms with van der Waals surface area (Å²) in [4.78, 5) is 5.85. The molecular weight excluding hydrogens is 286 g/mol. The first-order chi connectivity index (χ1) is 8.89. The van der Waals surface area contributed by atoms with Crippen LogP contribution in [0.5, 0.6) is 0 Å². The second kappa shape index (κ2) is 7.19. The summed E-state index contributed by atoms with van der Waals surface area (Å²) in [5, 5.41) is 0.0217. The van der Waals surface area contributed by atoms with Crippen molar-refractivity contribution in [3.05, 3.63) is 23.5 Å². The number of rotatable bonds is 7. The van der Waals surface area contributed by atoms with Gasteiger partial charge >= 0.3 is 0 Å². The third-order valence-electron chi connectivity index (χ3n) is 2.61. The summed E-state index contributed by atoms with van der Waals surface area (Å²) in [6, 6.07) is 3.07. The summed E-state index contributed by atoms with van der Waals surface area (Å²) in [6.07, 6.45) is 2.23. The molecule has 0 saturated carbocycles. The number of sulfonamides is 1. The quantitative estimate of drug-likeness (QED) is 0.720. The van der Waals surface area contributed by atoms with Gasteiger partial charge in [0.2, 0.25) is 10.0 Å². The second-order valence-corrected chi connectivity index (χ2v) is 6.76. The minimum Gasteiger partial charge on any atom is -0.308 e. The molecule has 0 aromatic carbocycles. The fraction of sp³-hybridized carbons (Fsp3) is 0.583. The van der Waals surface area contributed by atoms with E-state index in [1.54, 1.807) is 6.07 Å². The number of hydrogen-bond acceptors (Lipinski definition) is 4. The van der Waals surface area contributed by atoms with E-state index in [4.69, 9.17) is 11.6 Å². The molecule has 1 heterocycles. The molecule has 0 spiro atoms. The Bertz CT molecular complexity index is 505. The van der Waals surface area contributed by atoms with E-state index in [-0.39, 0.29) is 10.0 Å². The summed E-state index contributed by atoms with van der Waals surface area (Å²) in [6.45, 7) is 3.52. The van der Waals surface area contributed by atoms with Crippen LogP contribution in [-0.2, 0) is 10.0 Å². The van der Waals surface area contributed by atoms with Crippen molar-refractivity contribution in [2.75, 3.05) is 33.7 Å². The molecule has 0 saturated heterocycles. The highest BCUT2D eigenvalue weighted by atomic mass is 35.5. The molecular formula is C12H20ClN3O2S. The van der Waals surface area contributed by atoms with Gasteiger partial charge in [0.1, 0.15) is 10.0 Å². The topological polar surface area (TPSA) is 53.5 Å². The van der Waals surface area contributed by atoms with Crippen LogP contribution in [0.2, 0.25) is 5.15 Å². The maximum absolute atomic E-state index is 12.5. The molecule has 0 fully saturated rings. The van der Waals surface area contributed by atoms with Crippen LogP contribution < -0.4 is 0 Å². The van der Waals surface area contributed by atoms with Crippen LogP contribution in [0.15, 0.2) is 23.2 Å². The van der Waals surface area contributed by atoms with Crippen molar-refractivity contribution in [3.8, 4) is 0 Å². The monoisotopic (exact) mass is 305 g/mol. The summed E-state index contributed by atoms with van der Waals surface area (Å²) >= 11 is 5.89. The Labute approximate surface area is 120 Å². The van der Waals surface area contributed by atoms with Gasteiger partial charge in [-0.1, -0.05) is 18.5 Å². The number of pyridine rings is 1. The van der Waals surface area contributed by atoms with Gasteiger partial charge in [-0.05, 0) is 32.6 Å². The zero-order valence-electron chi connectivity index (χ0n) is 11.5. The summed E-state index contributed by atoms with van der Waals surface area (Å²) < 4.78 is 26.5. The van der Waals surface area contributed by atoms with Gasteiger partial charge in [0.05, 0.1) is 0 Å². The Morgan fingerprint density at radius 1 is 1.26 bits per heavy atom. The molecule has 0 amide bonds. The normalized spacial score (nSPS) is 12.3. The van der Waals surface area contributed by atoms with E-state index in [2.05, 4.69) is 4.98 Å². The van der Waals surface area contributed by atoms with Crippen molar-refractivity contribution < 1.29 is 8.42 Å². The fourth-order valence-corrected chi connectivity index (χ4v) is 3.57. The predicted molar refractivity (Wildman–Crippen MR) is 76.9 cm³/mol. The Kier molecular flexibility index (Phi) is 6.19. The SMILES string of the molecule is CCCN(CCN(C)C)S(=O)(=O)c1cccnc1Cl. The summed E-state index contributed by atoms with van der Waals surface area (Å²) in [7, 11) is 0.244. The van der Waals surface area contributed by atoms with Crippen LogP contribution in [-0.4, -0.2) is 56.3 Å². The molecule has 0 aliphatic carbocycles. The van der Waals surface area contributed by atoms with Gasteiger partial charge in [-0.3, -0.25) is 0 Å². The van der Waals surface area contributed by atoms with Crippen molar-refractivity contribution in [1.82, 2.24) is 14.2 Å². The van der Waals surface area contributed by atoms with E-state index in [0.29, 0.717) is 19.6 Å². The molecule has 1 aromatic heterocycles. The third-order valence-corrected chi connectivity index (χ3v) is 4.96. The van der Waals surface area contributed by atoms with Gasteiger partial charge in [0.15, 0.2) is 0 Å². The maximum Gasteiger partial charge on any atom is 0.246 e. The van der Waals surface area contributed by atoms with Gasteiger partial charge in [-0.25, -0.2) is 13.4 Å². The highest BCUT2D eigenvalue weighted by Crippen LogP contribution is 2.22. The van der Waals surface area contributed by atoms with Gasteiger partial charge in [0.25, 0.3) is 0 Å². The van der Waals surface area contributed by atoms with Gasteiger partial charge in [-0.15, -0.1) is 0 Å². The first-order valence-electron chi connectivity index (χ1n) is 6.15. The summed E-state index contributed by atoms with van der Waals surface area (Å²) in [5.41, 5.74) is 0. The molecule has 5 nitrogen and oxygen atoms in total. The van der Waals surface area contributed by atoms with E-state index in [1.807, 2.05) is 25.9 Å². The smallest absolute Gasteiger partial charge is 0.246 e. The van der Waals surface area contributed by atoms with Crippen LogP contribution in [0.1, 0.15) is 13.3 Å². The molecule has 0 unspecified atom stereocenters. The average molecular weight is 306 g/mol. The average Bonchev–Trinajstić information content (AvgIpc) is 2.34. The molecule has 0 radical (unpaired) electrons. The van der Waals surface area contributed by atoms with Crippen molar-refractivity contribution in [1.29, 1.82) is 0 Å². The Balaban J connectivity index is 3.03. The van der Waals surface area contributed by atoms with E-state index in [1.165, 1.54) is 16.6 Å². The van der Waals surface area contributed by atoms with Crippen LogP contribution in [0.3, 0.4) is 0 Å².